The number of carbonyl (C=O) groups is 2. The van der Waals surface area contributed by atoms with Crippen molar-refractivity contribution in [2.45, 2.75) is 57.7 Å². The number of nitrogens with zero attached hydrogens (tertiary/aromatic N) is 3. The molecule has 0 aliphatic carbocycles. The standard InChI is InChI=1S/C22H31ClN4O5/c1-21(2,3)32-19(30)13-22(31)6-9-27(10-7-22)17-12-16-14(11-15(17)23)20(25-26(16)4)24-8-5-18(28)29/h11-12,31H,5-10,13H2,1-4H3,(H,24,25)(H,28,29). The second-order valence-electron chi connectivity index (χ2n) is 9.34. The van der Waals surface area contributed by atoms with Crippen LogP contribution in [0.4, 0.5) is 11.5 Å². The van der Waals surface area contributed by atoms with Crippen molar-refractivity contribution in [1.29, 1.82) is 0 Å². The summed E-state index contributed by atoms with van der Waals surface area (Å²) in [6, 6.07) is 3.77. The number of hydrogen-bond acceptors (Lipinski definition) is 7. The monoisotopic (exact) mass is 466 g/mol. The Labute approximate surface area is 192 Å². The predicted octanol–water partition coefficient (Wildman–Crippen LogP) is 3.18. The van der Waals surface area contributed by atoms with E-state index in [1.54, 1.807) is 25.5 Å². The molecule has 0 unspecified atom stereocenters. The van der Waals surface area contributed by atoms with Gasteiger partial charge in [0.2, 0.25) is 0 Å². The molecule has 0 atom stereocenters. The minimum absolute atomic E-state index is 0.0101. The lowest BCUT2D eigenvalue weighted by atomic mass is 9.88. The Morgan fingerprint density at radius 2 is 1.94 bits per heavy atom. The Balaban J connectivity index is 1.71. The number of carboxylic acids is 1. The fourth-order valence-corrected chi connectivity index (χ4v) is 4.20. The first-order chi connectivity index (χ1) is 14.9. The summed E-state index contributed by atoms with van der Waals surface area (Å²) < 4.78 is 7.08. The summed E-state index contributed by atoms with van der Waals surface area (Å²) in [4.78, 5) is 25.0. The van der Waals surface area contributed by atoms with Crippen LogP contribution in [0.3, 0.4) is 0 Å². The summed E-state index contributed by atoms with van der Waals surface area (Å²) in [6.07, 6.45) is 0.809. The van der Waals surface area contributed by atoms with E-state index in [-0.39, 0.29) is 19.4 Å². The van der Waals surface area contributed by atoms with E-state index in [1.165, 1.54) is 0 Å². The molecule has 0 saturated carbocycles. The van der Waals surface area contributed by atoms with E-state index < -0.39 is 23.1 Å². The van der Waals surface area contributed by atoms with Gasteiger partial charge >= 0.3 is 11.9 Å². The first-order valence-corrected chi connectivity index (χ1v) is 11.1. The number of aliphatic hydroxyl groups is 1. The Morgan fingerprint density at radius 1 is 1.28 bits per heavy atom. The molecule has 2 heterocycles. The first-order valence-electron chi connectivity index (χ1n) is 10.7. The molecule has 1 aromatic heterocycles. The van der Waals surface area contributed by atoms with Crippen molar-refractivity contribution in [2.24, 2.45) is 7.05 Å². The summed E-state index contributed by atoms with van der Waals surface area (Å²) in [7, 11) is 1.82. The lowest BCUT2D eigenvalue weighted by molar-refractivity contribution is -0.161. The highest BCUT2D eigenvalue weighted by Gasteiger charge is 2.36. The van der Waals surface area contributed by atoms with Crippen molar-refractivity contribution in [3.05, 3.63) is 17.2 Å². The SMILES string of the molecule is Cn1nc(NCCC(=O)O)c2cc(Cl)c(N3CCC(O)(CC(=O)OC(C)(C)C)CC3)cc21. The van der Waals surface area contributed by atoms with Crippen LogP contribution in [0.2, 0.25) is 5.02 Å². The van der Waals surface area contributed by atoms with Crippen LogP contribution in [0.25, 0.3) is 10.9 Å². The van der Waals surface area contributed by atoms with Crippen LogP contribution in [-0.4, -0.2) is 62.8 Å². The Bertz CT molecular complexity index is 1010. The number of hydrogen-bond donors (Lipinski definition) is 3. The van der Waals surface area contributed by atoms with Crippen LogP contribution >= 0.6 is 11.6 Å². The van der Waals surface area contributed by atoms with Crippen LogP contribution < -0.4 is 10.2 Å². The minimum atomic E-state index is -1.09. The number of carbonyl (C=O) groups excluding carboxylic acids is 1. The van der Waals surface area contributed by atoms with Gasteiger partial charge in [-0.15, -0.1) is 0 Å². The third-order valence-electron chi connectivity index (χ3n) is 5.48. The Hall–Kier alpha value is -2.52. The molecule has 10 heteroatoms. The number of aryl methyl sites for hydroxylation is 1. The molecule has 1 aliphatic rings. The van der Waals surface area contributed by atoms with Gasteiger partial charge in [0.05, 0.1) is 34.7 Å². The minimum Gasteiger partial charge on any atom is -0.481 e. The zero-order chi connectivity index (χ0) is 23.7. The van der Waals surface area contributed by atoms with Crippen LogP contribution in [0.5, 0.6) is 0 Å². The molecule has 1 fully saturated rings. The van der Waals surface area contributed by atoms with E-state index in [4.69, 9.17) is 21.4 Å². The second-order valence-corrected chi connectivity index (χ2v) is 9.75. The number of aliphatic carboxylic acids is 1. The third kappa shape index (κ3) is 5.83. The molecule has 0 radical (unpaired) electrons. The zero-order valence-corrected chi connectivity index (χ0v) is 19.7. The van der Waals surface area contributed by atoms with Gasteiger partial charge in [-0.05, 0) is 45.7 Å². The van der Waals surface area contributed by atoms with E-state index in [0.29, 0.717) is 36.8 Å². The van der Waals surface area contributed by atoms with Gasteiger partial charge in [0.15, 0.2) is 5.82 Å². The number of ether oxygens (including phenoxy) is 1. The number of halogens is 1. The van der Waals surface area contributed by atoms with Gasteiger partial charge in [-0.3, -0.25) is 14.3 Å². The molecule has 1 aromatic carbocycles. The topological polar surface area (TPSA) is 117 Å². The molecule has 0 spiro atoms. The fraction of sp³-hybridized carbons (Fsp3) is 0.591. The van der Waals surface area contributed by atoms with E-state index in [1.807, 2.05) is 19.2 Å². The van der Waals surface area contributed by atoms with Gasteiger partial charge in [0.1, 0.15) is 5.60 Å². The summed E-state index contributed by atoms with van der Waals surface area (Å²) in [5, 5.41) is 28.6. The molecule has 0 amide bonds. The molecule has 3 N–H and O–H groups in total. The van der Waals surface area contributed by atoms with E-state index in [9.17, 15) is 14.7 Å². The smallest absolute Gasteiger partial charge is 0.309 e. The quantitative estimate of drug-likeness (QED) is 0.532. The predicted molar refractivity (Wildman–Crippen MR) is 123 cm³/mol. The zero-order valence-electron chi connectivity index (χ0n) is 18.9. The summed E-state index contributed by atoms with van der Waals surface area (Å²) >= 11 is 6.59. The van der Waals surface area contributed by atoms with Crippen molar-refractivity contribution in [3.8, 4) is 0 Å². The molecule has 3 rings (SSSR count). The number of esters is 1. The molecule has 1 aliphatic heterocycles. The highest BCUT2D eigenvalue weighted by molar-refractivity contribution is 6.34. The average Bonchev–Trinajstić information content (AvgIpc) is 2.94. The number of piperidine rings is 1. The maximum Gasteiger partial charge on any atom is 0.309 e. The lowest BCUT2D eigenvalue weighted by Gasteiger charge is -2.39. The van der Waals surface area contributed by atoms with Gasteiger partial charge in [0.25, 0.3) is 0 Å². The van der Waals surface area contributed by atoms with Gasteiger partial charge < -0.3 is 25.2 Å². The molecular weight excluding hydrogens is 436 g/mol. The van der Waals surface area contributed by atoms with Crippen molar-refractivity contribution in [2.75, 3.05) is 29.9 Å². The number of fused-ring (bicyclic) bond motifs is 1. The van der Waals surface area contributed by atoms with E-state index >= 15 is 0 Å². The average molecular weight is 467 g/mol. The molecule has 1 saturated heterocycles. The Kier molecular flexibility index (Phi) is 6.90. The number of nitrogens with one attached hydrogen (secondary N) is 1. The molecule has 9 nitrogen and oxygen atoms in total. The number of benzene rings is 1. The highest BCUT2D eigenvalue weighted by Crippen LogP contribution is 2.37. The van der Waals surface area contributed by atoms with Crippen molar-refractivity contribution in [1.82, 2.24) is 9.78 Å². The van der Waals surface area contributed by atoms with Crippen LogP contribution in [0.1, 0.15) is 46.5 Å². The van der Waals surface area contributed by atoms with Crippen molar-refractivity contribution >= 4 is 45.9 Å². The summed E-state index contributed by atoms with van der Waals surface area (Å²) in [5.74, 6) is -0.692. The third-order valence-corrected chi connectivity index (χ3v) is 5.78. The molecular formula is C22H31ClN4O5. The van der Waals surface area contributed by atoms with E-state index in [2.05, 4.69) is 15.3 Å². The largest absolute Gasteiger partial charge is 0.481 e. The molecule has 2 aromatic rings. The number of anilines is 2. The normalized spacial score (nSPS) is 16.2. The van der Waals surface area contributed by atoms with E-state index in [0.717, 1.165) is 16.6 Å². The molecule has 32 heavy (non-hydrogen) atoms. The van der Waals surface area contributed by atoms with Gasteiger partial charge in [0, 0.05) is 32.1 Å². The summed E-state index contributed by atoms with van der Waals surface area (Å²) in [5.41, 5.74) is 0.0143. The molecule has 176 valence electrons. The Morgan fingerprint density at radius 3 is 2.53 bits per heavy atom. The van der Waals surface area contributed by atoms with Gasteiger partial charge in [-0.25, -0.2) is 0 Å². The second kappa shape index (κ2) is 9.15. The number of rotatable bonds is 7. The number of carboxylic acid groups (broad SMARTS) is 1. The summed E-state index contributed by atoms with van der Waals surface area (Å²) in [6.45, 7) is 6.78. The van der Waals surface area contributed by atoms with Gasteiger partial charge in [-0.1, -0.05) is 11.6 Å². The maximum absolute atomic E-state index is 12.2. The molecule has 0 bridgehead atoms. The maximum atomic E-state index is 12.2. The van der Waals surface area contributed by atoms with Crippen molar-refractivity contribution in [3.63, 3.8) is 0 Å². The first kappa shape index (κ1) is 24.1. The van der Waals surface area contributed by atoms with Crippen LogP contribution in [0, 0.1) is 0 Å². The van der Waals surface area contributed by atoms with Crippen molar-refractivity contribution < 1.29 is 24.5 Å². The van der Waals surface area contributed by atoms with Gasteiger partial charge in [-0.2, -0.15) is 5.10 Å². The number of aromatic nitrogens is 2. The lowest BCUT2D eigenvalue weighted by Crippen LogP contribution is -2.46. The fourth-order valence-electron chi connectivity index (χ4n) is 3.91. The van der Waals surface area contributed by atoms with Crippen LogP contribution in [-0.2, 0) is 21.4 Å². The highest BCUT2D eigenvalue weighted by atomic mass is 35.5. The van der Waals surface area contributed by atoms with Crippen LogP contribution in [0.15, 0.2) is 12.1 Å².